The second-order valence-electron chi connectivity index (χ2n) is 5.86. The fourth-order valence-corrected chi connectivity index (χ4v) is 5.20. The van der Waals surface area contributed by atoms with Crippen molar-refractivity contribution in [1.29, 1.82) is 0 Å². The Kier molecular flexibility index (Phi) is 3.80. The van der Waals surface area contributed by atoms with Gasteiger partial charge in [0.05, 0.1) is 17.7 Å². The highest BCUT2D eigenvalue weighted by atomic mass is 127. The topological polar surface area (TPSA) is 62.1 Å². The van der Waals surface area contributed by atoms with Gasteiger partial charge in [-0.1, -0.05) is 11.6 Å². The minimum absolute atomic E-state index is 0.105. The zero-order valence-electron chi connectivity index (χ0n) is 12.0. The third-order valence-corrected chi connectivity index (χ3v) is 5.95. The van der Waals surface area contributed by atoms with Crippen LogP contribution >= 0.6 is 46.0 Å². The first-order valence-corrected chi connectivity index (χ1v) is 9.44. The van der Waals surface area contributed by atoms with Crippen molar-refractivity contribution in [2.45, 2.75) is 43.6 Å². The van der Waals surface area contributed by atoms with E-state index in [0.717, 1.165) is 17.9 Å². The summed E-state index contributed by atoms with van der Waals surface area (Å²) in [5.41, 5.74) is 1.41. The van der Waals surface area contributed by atoms with Gasteiger partial charge in [0, 0.05) is 34.9 Å². The van der Waals surface area contributed by atoms with Crippen molar-refractivity contribution in [2.75, 3.05) is 5.75 Å². The third kappa shape index (κ3) is 2.62. The molecule has 6 nitrogen and oxygen atoms in total. The Hall–Kier alpha value is -0.160. The summed E-state index contributed by atoms with van der Waals surface area (Å²) >= 11 is 10.1. The number of halogens is 2. The number of thioether (sulfide) groups is 1. The van der Waals surface area contributed by atoms with Gasteiger partial charge in [-0.05, 0) is 13.8 Å². The molecule has 2 aliphatic rings. The van der Waals surface area contributed by atoms with Gasteiger partial charge in [0.25, 0.3) is 0 Å². The Morgan fingerprint density at radius 3 is 3.09 bits per heavy atom. The summed E-state index contributed by atoms with van der Waals surface area (Å²) in [6.45, 7) is 4.70. The predicted molar refractivity (Wildman–Crippen MR) is 93.1 cm³/mol. The van der Waals surface area contributed by atoms with Crippen LogP contribution in [0.25, 0.3) is 11.2 Å². The quantitative estimate of drug-likeness (QED) is 0.397. The first-order chi connectivity index (χ1) is 10.4. The molecule has 4 heterocycles. The highest BCUT2D eigenvalue weighted by Gasteiger charge is 2.49. The fourth-order valence-electron chi connectivity index (χ4n) is 2.99. The number of fused-ring (bicyclic) bond motifs is 2. The Labute approximate surface area is 150 Å². The highest BCUT2D eigenvalue weighted by molar-refractivity contribution is 14.1. The Balaban J connectivity index is 1.62. The van der Waals surface area contributed by atoms with E-state index < -0.39 is 5.79 Å². The number of nitrogens with zero attached hydrogens (tertiary/aromatic N) is 4. The molecule has 3 atom stereocenters. The second-order valence-corrected chi connectivity index (χ2v) is 8.46. The molecule has 2 saturated heterocycles. The maximum Gasteiger partial charge on any atom is 0.194 e. The number of imidazole rings is 1. The average Bonchev–Trinajstić information content (AvgIpc) is 3.05. The van der Waals surface area contributed by atoms with Gasteiger partial charge in [0.2, 0.25) is 0 Å². The smallest absolute Gasteiger partial charge is 0.194 e. The first-order valence-electron chi connectivity index (χ1n) is 6.94. The van der Waals surface area contributed by atoms with Crippen LogP contribution < -0.4 is 0 Å². The number of ether oxygens (including phenoxy) is 2. The van der Waals surface area contributed by atoms with Crippen LogP contribution in [0.5, 0.6) is 0 Å². The molecule has 2 aromatic heterocycles. The van der Waals surface area contributed by atoms with E-state index in [-0.39, 0.29) is 12.2 Å². The zero-order chi connectivity index (χ0) is 15.5. The maximum absolute atomic E-state index is 6.14. The molecule has 0 amide bonds. The lowest BCUT2D eigenvalue weighted by Gasteiger charge is -2.21. The lowest BCUT2D eigenvalue weighted by atomic mass is 10.1. The van der Waals surface area contributed by atoms with Gasteiger partial charge in [0.1, 0.15) is 11.6 Å². The normalized spacial score (nSPS) is 30.1. The van der Waals surface area contributed by atoms with Crippen molar-refractivity contribution in [3.8, 4) is 0 Å². The van der Waals surface area contributed by atoms with Gasteiger partial charge in [0.15, 0.2) is 20.4 Å². The zero-order valence-corrected chi connectivity index (χ0v) is 15.7. The second kappa shape index (κ2) is 5.44. The van der Waals surface area contributed by atoms with Crippen molar-refractivity contribution >= 4 is 57.1 Å². The standard InChI is InChI=1S/C13H14ClIN4O2S/c1-13(2)20-6-4-22-7(9(6)21-13)3-19-5-16-8-10(14)17-12(15)18-11(8)19/h5-7,9H,3-4H2,1-2H3/t6-,7+,9-/m1/s1. The summed E-state index contributed by atoms with van der Waals surface area (Å²) in [6, 6.07) is 0. The Bertz CT molecular complexity index is 740. The molecule has 118 valence electrons. The van der Waals surface area contributed by atoms with E-state index in [1.807, 2.05) is 30.2 Å². The first kappa shape index (κ1) is 15.4. The molecule has 0 unspecified atom stereocenters. The van der Waals surface area contributed by atoms with Crippen LogP contribution in [-0.4, -0.2) is 48.5 Å². The highest BCUT2D eigenvalue weighted by Crippen LogP contribution is 2.42. The van der Waals surface area contributed by atoms with Gasteiger partial charge >= 0.3 is 0 Å². The molecule has 0 aliphatic carbocycles. The van der Waals surface area contributed by atoms with Crippen molar-refractivity contribution in [2.24, 2.45) is 0 Å². The van der Waals surface area contributed by atoms with E-state index in [0.29, 0.717) is 19.8 Å². The van der Waals surface area contributed by atoms with Crippen LogP contribution in [0.15, 0.2) is 6.33 Å². The van der Waals surface area contributed by atoms with Crippen LogP contribution in [-0.2, 0) is 16.0 Å². The lowest BCUT2D eigenvalue weighted by molar-refractivity contribution is -0.145. The summed E-state index contributed by atoms with van der Waals surface area (Å²) in [5, 5.41) is 0.710. The van der Waals surface area contributed by atoms with E-state index in [2.05, 4.69) is 37.5 Å². The molecule has 0 aromatic carbocycles. The van der Waals surface area contributed by atoms with Crippen LogP contribution in [0, 0.1) is 3.83 Å². The molecule has 0 spiro atoms. The van der Waals surface area contributed by atoms with Crippen molar-refractivity contribution in [1.82, 2.24) is 19.5 Å². The number of hydrogen-bond acceptors (Lipinski definition) is 6. The molecule has 9 heteroatoms. The number of aromatic nitrogens is 4. The molecular weight excluding hydrogens is 439 g/mol. The van der Waals surface area contributed by atoms with E-state index in [1.165, 1.54) is 0 Å². The van der Waals surface area contributed by atoms with Crippen LogP contribution in [0.3, 0.4) is 0 Å². The molecule has 2 aromatic rings. The van der Waals surface area contributed by atoms with Crippen LogP contribution in [0.4, 0.5) is 0 Å². The molecule has 0 saturated carbocycles. The Morgan fingerprint density at radius 2 is 2.27 bits per heavy atom. The third-order valence-electron chi connectivity index (χ3n) is 3.83. The molecule has 0 bridgehead atoms. The Morgan fingerprint density at radius 1 is 1.45 bits per heavy atom. The molecule has 2 fully saturated rings. The van der Waals surface area contributed by atoms with Gasteiger partial charge in [-0.3, -0.25) is 0 Å². The molecule has 0 N–H and O–H groups in total. The minimum atomic E-state index is -0.494. The van der Waals surface area contributed by atoms with Crippen molar-refractivity contribution < 1.29 is 9.47 Å². The molecule has 22 heavy (non-hydrogen) atoms. The van der Waals surface area contributed by atoms with Gasteiger partial charge < -0.3 is 14.0 Å². The SMILES string of the molecule is CC1(C)O[C@H]2[C@H](Cn3cnc4c(Cl)nc(I)nc43)SC[C@H]2O1. The molecular formula is C13H14ClIN4O2S. The van der Waals surface area contributed by atoms with E-state index in [9.17, 15) is 0 Å². The molecule has 0 radical (unpaired) electrons. The average molecular weight is 453 g/mol. The van der Waals surface area contributed by atoms with E-state index >= 15 is 0 Å². The van der Waals surface area contributed by atoms with Gasteiger partial charge in [-0.2, -0.15) is 11.8 Å². The van der Waals surface area contributed by atoms with Crippen LogP contribution in [0.2, 0.25) is 5.15 Å². The summed E-state index contributed by atoms with van der Waals surface area (Å²) in [6.07, 6.45) is 2.04. The van der Waals surface area contributed by atoms with Crippen molar-refractivity contribution in [3.05, 3.63) is 15.3 Å². The number of rotatable bonds is 2. The summed E-state index contributed by atoms with van der Waals surface area (Å²) in [7, 11) is 0. The van der Waals surface area contributed by atoms with Gasteiger partial charge in [-0.25, -0.2) is 15.0 Å². The number of hydrogen-bond donors (Lipinski definition) is 0. The van der Waals surface area contributed by atoms with E-state index in [4.69, 9.17) is 21.1 Å². The van der Waals surface area contributed by atoms with Crippen molar-refractivity contribution in [3.63, 3.8) is 0 Å². The largest absolute Gasteiger partial charge is 0.344 e. The summed E-state index contributed by atoms with van der Waals surface area (Å²) < 4.78 is 14.6. The molecule has 4 rings (SSSR count). The van der Waals surface area contributed by atoms with Gasteiger partial charge in [-0.15, -0.1) is 0 Å². The fraction of sp³-hybridized carbons (Fsp3) is 0.615. The minimum Gasteiger partial charge on any atom is -0.344 e. The van der Waals surface area contributed by atoms with E-state index in [1.54, 1.807) is 6.33 Å². The monoisotopic (exact) mass is 452 g/mol. The lowest BCUT2D eigenvalue weighted by Crippen LogP contribution is -2.30. The molecule has 2 aliphatic heterocycles. The maximum atomic E-state index is 6.14. The summed E-state index contributed by atoms with van der Waals surface area (Å²) in [4.78, 5) is 12.9. The predicted octanol–water partition coefficient (Wildman–Crippen LogP) is 2.72. The summed E-state index contributed by atoms with van der Waals surface area (Å²) in [5.74, 6) is 0.463. The van der Waals surface area contributed by atoms with Crippen LogP contribution in [0.1, 0.15) is 13.8 Å².